The van der Waals surface area contributed by atoms with Crippen molar-refractivity contribution in [1.82, 2.24) is 5.01 Å². The monoisotopic (exact) mass is 604 g/mol. The zero-order chi connectivity index (χ0) is 27.0. The Bertz CT molecular complexity index is 1590. The van der Waals surface area contributed by atoms with E-state index in [2.05, 4.69) is 10.1 Å². The molecule has 0 saturated heterocycles. The number of nitrogens with one attached hydrogen (secondary N) is 1. The number of amides is 1. The first-order chi connectivity index (χ1) is 18.2. The first kappa shape index (κ1) is 26.6. The second-order valence-electron chi connectivity index (χ2n) is 7.96. The van der Waals surface area contributed by atoms with E-state index in [-0.39, 0.29) is 28.2 Å². The molecule has 3 aromatic carbocycles. The number of hydrazone groups is 1. The second kappa shape index (κ2) is 11.0. The van der Waals surface area contributed by atoms with E-state index >= 15 is 0 Å². The van der Waals surface area contributed by atoms with Crippen LogP contribution in [-0.4, -0.2) is 34.1 Å². The molecule has 0 unspecified atom stereocenters. The first-order valence-electron chi connectivity index (χ1n) is 10.9. The van der Waals surface area contributed by atoms with Crippen molar-refractivity contribution in [2.75, 3.05) is 7.11 Å². The fraction of sp³-hybridized carbons (Fsp3) is 0.0769. The quantitative estimate of drug-likeness (QED) is 0.293. The van der Waals surface area contributed by atoms with E-state index in [9.17, 15) is 4.79 Å². The van der Waals surface area contributed by atoms with Gasteiger partial charge < -0.3 is 9.47 Å². The summed E-state index contributed by atoms with van der Waals surface area (Å²) in [7, 11) is 1.47. The van der Waals surface area contributed by atoms with Crippen LogP contribution in [-0.2, 0) is 11.4 Å². The number of carbonyl (C=O) groups excluding carboxylic acids is 1. The lowest BCUT2D eigenvalue weighted by Crippen LogP contribution is -2.35. The smallest absolute Gasteiger partial charge is 0.283 e. The molecule has 1 N–H and O–H groups in total. The predicted octanol–water partition coefficient (Wildman–Crippen LogP) is 7.56. The van der Waals surface area contributed by atoms with Gasteiger partial charge in [0.25, 0.3) is 5.91 Å². The number of benzene rings is 3. The molecule has 0 spiro atoms. The van der Waals surface area contributed by atoms with Gasteiger partial charge in [0.2, 0.25) is 5.17 Å². The molecule has 192 valence electrons. The molecule has 0 bridgehead atoms. The molecule has 0 atom stereocenters. The van der Waals surface area contributed by atoms with Crippen molar-refractivity contribution in [3.8, 4) is 11.5 Å². The number of carbonyl (C=O) groups is 1. The number of methoxy groups -OCH3 is 1. The third kappa shape index (κ3) is 5.28. The van der Waals surface area contributed by atoms with E-state index in [0.29, 0.717) is 42.7 Å². The van der Waals surface area contributed by atoms with Crippen LogP contribution >= 0.6 is 58.2 Å². The minimum atomic E-state index is -0.572. The highest BCUT2D eigenvalue weighted by atomic mass is 35.5. The predicted molar refractivity (Wildman–Crippen MR) is 154 cm³/mol. The van der Waals surface area contributed by atoms with Gasteiger partial charge in [-0.3, -0.25) is 10.2 Å². The van der Waals surface area contributed by atoms with Crippen LogP contribution in [0.3, 0.4) is 0 Å². The van der Waals surface area contributed by atoms with Crippen LogP contribution in [0.4, 0.5) is 0 Å². The van der Waals surface area contributed by atoms with Crippen molar-refractivity contribution >= 4 is 86.2 Å². The zero-order valence-corrected chi connectivity index (χ0v) is 23.3. The van der Waals surface area contributed by atoms with Crippen molar-refractivity contribution in [3.63, 3.8) is 0 Å². The Kier molecular flexibility index (Phi) is 7.70. The summed E-state index contributed by atoms with van der Waals surface area (Å²) in [6.07, 6.45) is 1.51. The highest BCUT2D eigenvalue weighted by molar-refractivity contribution is 8.27. The van der Waals surface area contributed by atoms with Gasteiger partial charge in [-0.25, -0.2) is 0 Å². The van der Waals surface area contributed by atoms with E-state index in [1.165, 1.54) is 30.0 Å². The van der Waals surface area contributed by atoms with Gasteiger partial charge in [-0.15, -0.1) is 0 Å². The van der Waals surface area contributed by atoms with E-state index in [4.69, 9.17) is 61.3 Å². The standard InChI is InChI=1S/C26H16Cl4N4O3S/c1-36-21-10-13(9-20(30)22(21)37-12-14-6-7-15(27)11-19(14)29)8-17-23(31)34-26(32-24(17)35)38-25(33-34)16-4-2-3-5-18(16)28/h2-11,31H,12H2,1H3/b17-8-,31-23?. The maximum absolute atomic E-state index is 12.9. The molecule has 0 radical (unpaired) electrons. The molecular formula is C26H16Cl4N4O3S. The van der Waals surface area contributed by atoms with E-state index in [1.807, 2.05) is 18.2 Å². The number of hydrogen-bond acceptors (Lipinski definition) is 6. The van der Waals surface area contributed by atoms with Gasteiger partial charge in [0.15, 0.2) is 17.3 Å². The SMILES string of the molecule is COc1cc(/C=C2/C(=N)N3N=C(c4ccccc4Cl)SC3=NC2=O)cc(Cl)c1OCc1ccc(Cl)cc1Cl. The Morgan fingerprint density at radius 2 is 1.82 bits per heavy atom. The Labute approximate surface area is 242 Å². The molecule has 12 heteroatoms. The number of hydrogen-bond donors (Lipinski definition) is 1. The fourth-order valence-corrected chi connectivity index (χ4v) is 5.60. The lowest BCUT2D eigenvalue weighted by atomic mass is 10.1. The molecule has 0 aliphatic carbocycles. The van der Waals surface area contributed by atoms with E-state index in [0.717, 1.165) is 5.56 Å². The molecule has 0 aromatic heterocycles. The maximum atomic E-state index is 12.9. The number of fused-ring (bicyclic) bond motifs is 1. The van der Waals surface area contributed by atoms with E-state index in [1.54, 1.807) is 36.4 Å². The summed E-state index contributed by atoms with van der Waals surface area (Å²) >= 11 is 26.2. The highest BCUT2D eigenvalue weighted by Gasteiger charge is 2.36. The molecule has 5 rings (SSSR count). The van der Waals surface area contributed by atoms with Gasteiger partial charge >= 0.3 is 0 Å². The number of thioether (sulfide) groups is 1. The van der Waals surface area contributed by atoms with Gasteiger partial charge in [0.1, 0.15) is 11.7 Å². The Morgan fingerprint density at radius 3 is 2.55 bits per heavy atom. The normalized spacial score (nSPS) is 15.9. The molecule has 2 aliphatic heterocycles. The summed E-state index contributed by atoms with van der Waals surface area (Å²) in [6.45, 7) is 0.130. The van der Waals surface area contributed by atoms with Crippen LogP contribution in [0.25, 0.3) is 6.08 Å². The van der Waals surface area contributed by atoms with Crippen molar-refractivity contribution < 1.29 is 14.3 Å². The molecule has 3 aromatic rings. The largest absolute Gasteiger partial charge is 0.493 e. The Balaban J connectivity index is 1.42. The highest BCUT2D eigenvalue weighted by Crippen LogP contribution is 2.39. The van der Waals surface area contributed by atoms with Crippen molar-refractivity contribution in [3.05, 3.63) is 97.0 Å². The number of aliphatic imine (C=N–C) groups is 1. The minimum absolute atomic E-state index is 0.0400. The summed E-state index contributed by atoms with van der Waals surface area (Å²) in [6, 6.07) is 15.6. The first-order valence-corrected chi connectivity index (χ1v) is 13.3. The average Bonchev–Trinajstić information content (AvgIpc) is 3.30. The Hall–Kier alpha value is -3.01. The maximum Gasteiger partial charge on any atom is 0.283 e. The molecule has 2 heterocycles. The number of ether oxygens (including phenoxy) is 2. The Morgan fingerprint density at radius 1 is 1.03 bits per heavy atom. The molecule has 38 heavy (non-hydrogen) atoms. The van der Waals surface area contributed by atoms with Crippen LogP contribution in [0.15, 0.2) is 70.3 Å². The van der Waals surface area contributed by atoms with Gasteiger partial charge in [-0.2, -0.15) is 15.1 Å². The number of amidine groups is 2. The molecule has 0 saturated carbocycles. The van der Waals surface area contributed by atoms with Crippen molar-refractivity contribution in [2.24, 2.45) is 10.1 Å². The number of nitrogens with zero attached hydrogens (tertiary/aromatic N) is 3. The lowest BCUT2D eigenvalue weighted by molar-refractivity contribution is -0.114. The lowest BCUT2D eigenvalue weighted by Gasteiger charge is -2.20. The van der Waals surface area contributed by atoms with Crippen LogP contribution in [0.5, 0.6) is 11.5 Å². The van der Waals surface area contributed by atoms with Gasteiger partial charge in [0, 0.05) is 21.2 Å². The number of halogens is 4. The third-order valence-electron chi connectivity index (χ3n) is 5.51. The molecule has 0 fully saturated rings. The zero-order valence-electron chi connectivity index (χ0n) is 19.5. The summed E-state index contributed by atoms with van der Waals surface area (Å²) in [5.41, 5.74) is 1.96. The summed E-state index contributed by atoms with van der Waals surface area (Å²) < 4.78 is 11.4. The van der Waals surface area contributed by atoms with Gasteiger partial charge in [-0.05, 0) is 53.7 Å². The summed E-state index contributed by atoms with van der Waals surface area (Å²) in [5.74, 6) is -0.0544. The molecule has 1 amide bonds. The molecule has 2 aliphatic rings. The third-order valence-corrected chi connectivity index (χ3v) is 7.65. The van der Waals surface area contributed by atoms with Crippen LogP contribution in [0.1, 0.15) is 16.7 Å². The van der Waals surface area contributed by atoms with Crippen molar-refractivity contribution in [2.45, 2.75) is 6.61 Å². The summed E-state index contributed by atoms with van der Waals surface area (Å²) in [5, 5.41) is 17.0. The summed E-state index contributed by atoms with van der Waals surface area (Å²) in [4.78, 5) is 17.0. The molecular weight excluding hydrogens is 590 g/mol. The van der Waals surface area contributed by atoms with Crippen molar-refractivity contribution in [1.29, 1.82) is 5.41 Å². The number of rotatable bonds is 6. The van der Waals surface area contributed by atoms with Crippen LogP contribution in [0.2, 0.25) is 20.1 Å². The van der Waals surface area contributed by atoms with E-state index < -0.39 is 5.91 Å². The van der Waals surface area contributed by atoms with Crippen LogP contribution in [0, 0.1) is 5.41 Å². The van der Waals surface area contributed by atoms with Crippen LogP contribution < -0.4 is 9.47 Å². The average molecular weight is 606 g/mol. The molecule has 7 nitrogen and oxygen atoms in total. The topological polar surface area (TPSA) is 87.3 Å². The minimum Gasteiger partial charge on any atom is -0.493 e. The second-order valence-corrected chi connectivity index (χ2v) is 10.6. The van der Waals surface area contributed by atoms with Gasteiger partial charge in [-0.1, -0.05) is 70.7 Å². The van der Waals surface area contributed by atoms with Gasteiger partial charge in [0.05, 0.1) is 22.7 Å². The fourth-order valence-electron chi connectivity index (χ4n) is 3.65.